The van der Waals surface area contributed by atoms with Crippen LogP contribution in [0.25, 0.3) is 0 Å². The van der Waals surface area contributed by atoms with Crippen molar-refractivity contribution >= 4 is 0 Å². The fraction of sp³-hybridized carbons (Fsp3) is 0.200. The molecule has 0 heterocycles. The maximum absolute atomic E-state index is 13.4. The first kappa shape index (κ1) is 12.6. The van der Waals surface area contributed by atoms with Crippen molar-refractivity contribution in [2.75, 3.05) is 7.05 Å². The highest BCUT2D eigenvalue weighted by Crippen LogP contribution is 2.25. The average Bonchev–Trinajstić information content (AvgIpc) is 2.36. The van der Waals surface area contributed by atoms with E-state index in [0.717, 1.165) is 12.1 Å². The number of ether oxygens (including phenoxy) is 1. The fourth-order valence-corrected chi connectivity index (χ4v) is 1.78. The van der Waals surface area contributed by atoms with Crippen LogP contribution in [0.2, 0.25) is 0 Å². The topological polar surface area (TPSA) is 21.3 Å². The van der Waals surface area contributed by atoms with Crippen LogP contribution in [0.5, 0.6) is 11.5 Å². The summed E-state index contributed by atoms with van der Waals surface area (Å²) in [7, 11) is 1.91. The Morgan fingerprint density at radius 2 is 1.94 bits per heavy atom. The first-order valence-electron chi connectivity index (χ1n) is 5.87. The van der Waals surface area contributed by atoms with Gasteiger partial charge < -0.3 is 10.1 Å². The number of benzene rings is 2. The lowest BCUT2D eigenvalue weighted by molar-refractivity contribution is 0.442. The second-order valence-corrected chi connectivity index (χ2v) is 4.15. The second-order valence-electron chi connectivity index (χ2n) is 4.15. The Morgan fingerprint density at radius 1 is 1.17 bits per heavy atom. The van der Waals surface area contributed by atoms with Crippen LogP contribution in [-0.4, -0.2) is 7.05 Å². The highest BCUT2D eigenvalue weighted by atomic mass is 19.1. The zero-order valence-corrected chi connectivity index (χ0v) is 10.5. The molecule has 0 saturated heterocycles. The fourth-order valence-electron chi connectivity index (χ4n) is 1.78. The number of rotatable bonds is 4. The van der Waals surface area contributed by atoms with Gasteiger partial charge in [-0.25, -0.2) is 4.39 Å². The van der Waals surface area contributed by atoms with Gasteiger partial charge in [0.2, 0.25) is 0 Å². The van der Waals surface area contributed by atoms with E-state index in [-0.39, 0.29) is 11.6 Å². The molecule has 2 aromatic carbocycles. The largest absolute Gasteiger partial charge is 0.454 e. The monoisotopic (exact) mass is 245 g/mol. The summed E-state index contributed by atoms with van der Waals surface area (Å²) in [5, 5.41) is 3.10. The van der Waals surface area contributed by atoms with Crippen molar-refractivity contribution < 1.29 is 9.13 Å². The third-order valence-corrected chi connectivity index (χ3v) is 2.75. The Bertz CT molecular complexity index is 540. The predicted octanol–water partition coefficient (Wildman–Crippen LogP) is 3.65. The molecule has 0 aliphatic rings. The Hall–Kier alpha value is -1.87. The summed E-state index contributed by atoms with van der Waals surface area (Å²) in [5.41, 5.74) is 2.33. The third kappa shape index (κ3) is 2.87. The molecule has 0 radical (unpaired) electrons. The molecule has 18 heavy (non-hydrogen) atoms. The summed E-state index contributed by atoms with van der Waals surface area (Å²) < 4.78 is 19.0. The molecule has 0 atom stereocenters. The van der Waals surface area contributed by atoms with Gasteiger partial charge in [-0.05, 0) is 49.4 Å². The summed E-state index contributed by atoms with van der Waals surface area (Å²) in [6, 6.07) is 12.2. The highest BCUT2D eigenvalue weighted by Gasteiger charge is 2.05. The Labute approximate surface area is 106 Å². The quantitative estimate of drug-likeness (QED) is 0.887. The summed E-state index contributed by atoms with van der Waals surface area (Å²) in [6.45, 7) is 2.83. The summed E-state index contributed by atoms with van der Waals surface area (Å²) >= 11 is 0. The number of aryl methyl sites for hydroxylation is 1. The van der Waals surface area contributed by atoms with Crippen molar-refractivity contribution in [2.24, 2.45) is 0 Å². The lowest BCUT2D eigenvalue weighted by Crippen LogP contribution is -2.06. The molecule has 0 bridgehead atoms. The smallest absolute Gasteiger partial charge is 0.165 e. The van der Waals surface area contributed by atoms with Crippen molar-refractivity contribution in [2.45, 2.75) is 13.5 Å². The number of hydrogen-bond acceptors (Lipinski definition) is 2. The number of nitrogens with one attached hydrogen (secondary N) is 1. The Balaban J connectivity index is 2.20. The molecule has 2 rings (SSSR count). The summed E-state index contributed by atoms with van der Waals surface area (Å²) in [4.78, 5) is 0. The SMILES string of the molecule is CNCc1ccc(Oc2ccccc2F)cc1C. The van der Waals surface area contributed by atoms with Gasteiger partial charge in [0.15, 0.2) is 11.6 Å². The first-order chi connectivity index (χ1) is 8.70. The lowest BCUT2D eigenvalue weighted by Gasteiger charge is -2.10. The van der Waals surface area contributed by atoms with Gasteiger partial charge in [-0.2, -0.15) is 0 Å². The molecule has 0 spiro atoms. The third-order valence-electron chi connectivity index (χ3n) is 2.75. The molecule has 0 aliphatic carbocycles. The van der Waals surface area contributed by atoms with Gasteiger partial charge in [-0.1, -0.05) is 18.2 Å². The van der Waals surface area contributed by atoms with Crippen LogP contribution in [0.4, 0.5) is 4.39 Å². The van der Waals surface area contributed by atoms with Crippen molar-refractivity contribution in [1.82, 2.24) is 5.32 Å². The minimum atomic E-state index is -0.352. The van der Waals surface area contributed by atoms with Crippen LogP contribution in [0.3, 0.4) is 0 Å². The Kier molecular flexibility index (Phi) is 3.95. The van der Waals surface area contributed by atoms with Crippen LogP contribution in [-0.2, 0) is 6.54 Å². The maximum atomic E-state index is 13.4. The van der Waals surface area contributed by atoms with Crippen LogP contribution in [0.15, 0.2) is 42.5 Å². The van der Waals surface area contributed by atoms with Crippen molar-refractivity contribution in [1.29, 1.82) is 0 Å². The van der Waals surface area contributed by atoms with Gasteiger partial charge in [-0.3, -0.25) is 0 Å². The standard InChI is InChI=1S/C15H16FNO/c1-11-9-13(8-7-12(11)10-17-2)18-15-6-4-3-5-14(15)16/h3-9,17H,10H2,1-2H3. The van der Waals surface area contributed by atoms with E-state index in [4.69, 9.17) is 4.74 Å². The van der Waals surface area contributed by atoms with E-state index in [0.29, 0.717) is 5.75 Å². The van der Waals surface area contributed by atoms with Gasteiger partial charge in [0, 0.05) is 6.54 Å². The molecule has 0 unspecified atom stereocenters. The zero-order chi connectivity index (χ0) is 13.0. The zero-order valence-electron chi connectivity index (χ0n) is 10.5. The van der Waals surface area contributed by atoms with E-state index in [1.54, 1.807) is 18.2 Å². The van der Waals surface area contributed by atoms with Gasteiger partial charge in [0.1, 0.15) is 5.75 Å². The van der Waals surface area contributed by atoms with Crippen LogP contribution in [0.1, 0.15) is 11.1 Å². The van der Waals surface area contributed by atoms with Gasteiger partial charge >= 0.3 is 0 Å². The van der Waals surface area contributed by atoms with Gasteiger partial charge in [0.25, 0.3) is 0 Å². The van der Waals surface area contributed by atoms with Gasteiger partial charge in [-0.15, -0.1) is 0 Å². The molecule has 0 saturated carbocycles. The molecular formula is C15H16FNO. The molecule has 0 fully saturated rings. The van der Waals surface area contributed by atoms with E-state index in [1.165, 1.54) is 11.6 Å². The number of halogens is 1. The number of hydrogen-bond donors (Lipinski definition) is 1. The van der Waals surface area contributed by atoms with Crippen LogP contribution in [0, 0.1) is 12.7 Å². The van der Waals surface area contributed by atoms with Crippen molar-refractivity contribution in [3.8, 4) is 11.5 Å². The molecule has 1 N–H and O–H groups in total. The molecule has 0 amide bonds. The van der Waals surface area contributed by atoms with E-state index >= 15 is 0 Å². The number of para-hydroxylation sites is 1. The minimum Gasteiger partial charge on any atom is -0.454 e. The molecular weight excluding hydrogens is 229 g/mol. The average molecular weight is 245 g/mol. The van der Waals surface area contributed by atoms with Crippen LogP contribution < -0.4 is 10.1 Å². The van der Waals surface area contributed by atoms with E-state index in [9.17, 15) is 4.39 Å². The lowest BCUT2D eigenvalue weighted by atomic mass is 10.1. The molecule has 94 valence electrons. The molecule has 2 nitrogen and oxygen atoms in total. The van der Waals surface area contributed by atoms with Gasteiger partial charge in [0.05, 0.1) is 0 Å². The minimum absolute atomic E-state index is 0.248. The predicted molar refractivity (Wildman–Crippen MR) is 70.4 cm³/mol. The molecule has 3 heteroatoms. The maximum Gasteiger partial charge on any atom is 0.165 e. The van der Waals surface area contributed by atoms with E-state index in [1.807, 2.05) is 32.2 Å². The Morgan fingerprint density at radius 3 is 2.61 bits per heavy atom. The van der Waals surface area contributed by atoms with E-state index in [2.05, 4.69) is 5.32 Å². The highest BCUT2D eigenvalue weighted by molar-refractivity contribution is 5.38. The molecule has 0 aliphatic heterocycles. The molecule has 2 aromatic rings. The molecule has 0 aromatic heterocycles. The normalized spacial score (nSPS) is 10.4. The summed E-state index contributed by atoms with van der Waals surface area (Å²) in [6.07, 6.45) is 0. The van der Waals surface area contributed by atoms with E-state index < -0.39 is 0 Å². The van der Waals surface area contributed by atoms with Crippen molar-refractivity contribution in [3.63, 3.8) is 0 Å². The van der Waals surface area contributed by atoms with Crippen LogP contribution >= 0.6 is 0 Å². The van der Waals surface area contributed by atoms with Crippen molar-refractivity contribution in [3.05, 3.63) is 59.4 Å². The first-order valence-corrected chi connectivity index (χ1v) is 5.87. The summed E-state index contributed by atoms with van der Waals surface area (Å²) in [5.74, 6) is 0.546. The second kappa shape index (κ2) is 5.65.